The molecule has 0 aromatic carbocycles. The first-order valence-electron chi connectivity index (χ1n) is 3.31. The maximum absolute atomic E-state index is 10.9. The summed E-state index contributed by atoms with van der Waals surface area (Å²) in [6, 6.07) is -1.14. The fourth-order valence-electron chi connectivity index (χ4n) is 0.643. The highest BCUT2D eigenvalue weighted by Crippen LogP contribution is 1.81. The molecule has 0 bridgehead atoms. The van der Waals surface area contributed by atoms with Crippen molar-refractivity contribution in [2.24, 2.45) is 0 Å². The minimum absolute atomic E-state index is 0.435. The van der Waals surface area contributed by atoms with E-state index in [9.17, 15) is 9.59 Å². The van der Waals surface area contributed by atoms with Crippen LogP contribution in [0.3, 0.4) is 0 Å². The summed E-state index contributed by atoms with van der Waals surface area (Å²) in [6.07, 6.45) is 0. The molecule has 5 heteroatoms. The molecule has 0 rings (SSSR count). The monoisotopic (exact) mass is 160 g/mol. The third kappa shape index (κ3) is 2.99. The molecule has 0 aliphatic rings. The molecule has 1 unspecified atom stereocenters. The summed E-state index contributed by atoms with van der Waals surface area (Å²) in [7, 11) is 1.42. The average molecular weight is 160 g/mol. The number of carboxylic acid groups (broad SMARTS) is 1. The van der Waals surface area contributed by atoms with Crippen LogP contribution in [0.15, 0.2) is 0 Å². The SMILES string of the molecule is CCNC(=O)C(NC)C(=O)O. The van der Waals surface area contributed by atoms with E-state index in [1.807, 2.05) is 0 Å². The van der Waals surface area contributed by atoms with Gasteiger partial charge in [-0.2, -0.15) is 0 Å². The molecule has 0 aliphatic heterocycles. The second-order valence-corrected chi connectivity index (χ2v) is 1.95. The van der Waals surface area contributed by atoms with E-state index in [0.29, 0.717) is 6.54 Å². The number of aliphatic carboxylic acids is 1. The van der Waals surface area contributed by atoms with Crippen LogP contribution >= 0.6 is 0 Å². The van der Waals surface area contributed by atoms with E-state index in [2.05, 4.69) is 10.6 Å². The number of nitrogens with one attached hydrogen (secondary N) is 2. The van der Waals surface area contributed by atoms with Gasteiger partial charge in [0.25, 0.3) is 0 Å². The number of carbonyl (C=O) groups excluding carboxylic acids is 1. The number of hydrogen-bond acceptors (Lipinski definition) is 3. The van der Waals surface area contributed by atoms with Crippen LogP contribution in [0, 0.1) is 0 Å². The summed E-state index contributed by atoms with van der Waals surface area (Å²) in [5.41, 5.74) is 0. The zero-order chi connectivity index (χ0) is 8.85. The van der Waals surface area contributed by atoms with Gasteiger partial charge in [-0.25, -0.2) is 4.79 Å². The fraction of sp³-hybridized carbons (Fsp3) is 0.667. The summed E-state index contributed by atoms with van der Waals surface area (Å²) < 4.78 is 0. The summed E-state index contributed by atoms with van der Waals surface area (Å²) in [6.45, 7) is 2.16. The highest BCUT2D eigenvalue weighted by atomic mass is 16.4. The van der Waals surface area contributed by atoms with Gasteiger partial charge in [0.15, 0.2) is 6.04 Å². The van der Waals surface area contributed by atoms with E-state index < -0.39 is 17.9 Å². The van der Waals surface area contributed by atoms with Gasteiger partial charge in [0, 0.05) is 6.54 Å². The first kappa shape index (κ1) is 9.90. The third-order valence-corrected chi connectivity index (χ3v) is 1.15. The van der Waals surface area contributed by atoms with Gasteiger partial charge in [-0.1, -0.05) is 0 Å². The Bertz CT molecular complexity index is 158. The van der Waals surface area contributed by atoms with Crippen LogP contribution in [0.2, 0.25) is 0 Å². The molecule has 0 radical (unpaired) electrons. The molecule has 0 saturated carbocycles. The lowest BCUT2D eigenvalue weighted by Gasteiger charge is -2.09. The van der Waals surface area contributed by atoms with Gasteiger partial charge in [-0.05, 0) is 14.0 Å². The molecule has 64 valence electrons. The maximum Gasteiger partial charge on any atom is 0.330 e. The first-order valence-corrected chi connectivity index (χ1v) is 3.31. The molecule has 0 saturated heterocycles. The van der Waals surface area contributed by atoms with Crippen molar-refractivity contribution in [1.82, 2.24) is 10.6 Å². The lowest BCUT2D eigenvalue weighted by atomic mass is 10.3. The van der Waals surface area contributed by atoms with Gasteiger partial charge < -0.3 is 10.4 Å². The Morgan fingerprint density at radius 3 is 2.36 bits per heavy atom. The van der Waals surface area contributed by atoms with Crippen molar-refractivity contribution in [3.63, 3.8) is 0 Å². The normalized spacial score (nSPS) is 12.2. The van der Waals surface area contributed by atoms with Gasteiger partial charge in [-0.3, -0.25) is 10.1 Å². The predicted octanol–water partition coefficient (Wildman–Crippen LogP) is -1.20. The zero-order valence-corrected chi connectivity index (χ0v) is 6.55. The minimum Gasteiger partial charge on any atom is -0.480 e. The van der Waals surface area contributed by atoms with E-state index >= 15 is 0 Å². The Morgan fingerprint density at radius 2 is 2.09 bits per heavy atom. The second kappa shape index (κ2) is 4.68. The van der Waals surface area contributed by atoms with Gasteiger partial charge >= 0.3 is 5.97 Å². The van der Waals surface area contributed by atoms with Crippen LogP contribution in [0.25, 0.3) is 0 Å². The number of amides is 1. The van der Waals surface area contributed by atoms with Crippen LogP contribution in [-0.4, -0.2) is 36.6 Å². The third-order valence-electron chi connectivity index (χ3n) is 1.15. The first-order chi connectivity index (χ1) is 5.13. The van der Waals surface area contributed by atoms with Crippen molar-refractivity contribution in [2.45, 2.75) is 13.0 Å². The molecule has 0 aromatic heterocycles. The predicted molar refractivity (Wildman–Crippen MR) is 39.2 cm³/mol. The number of likely N-dealkylation sites (N-methyl/N-ethyl adjacent to an activating group) is 2. The summed E-state index contributed by atoms with van der Waals surface area (Å²) in [4.78, 5) is 21.2. The molecular weight excluding hydrogens is 148 g/mol. The summed E-state index contributed by atoms with van der Waals surface area (Å²) in [5.74, 6) is -1.68. The summed E-state index contributed by atoms with van der Waals surface area (Å²) in [5, 5.41) is 13.2. The van der Waals surface area contributed by atoms with Crippen LogP contribution in [0.5, 0.6) is 0 Å². The largest absolute Gasteiger partial charge is 0.480 e. The van der Waals surface area contributed by atoms with Crippen LogP contribution in [0.1, 0.15) is 6.92 Å². The molecule has 0 spiro atoms. The molecular formula is C6H12N2O3. The minimum atomic E-state index is -1.17. The Morgan fingerprint density at radius 1 is 1.55 bits per heavy atom. The lowest BCUT2D eigenvalue weighted by Crippen LogP contribution is -2.47. The van der Waals surface area contributed by atoms with E-state index in [-0.39, 0.29) is 0 Å². The molecule has 11 heavy (non-hydrogen) atoms. The second-order valence-electron chi connectivity index (χ2n) is 1.95. The van der Waals surface area contributed by atoms with Gasteiger partial charge in [0.2, 0.25) is 5.91 Å². The Hall–Kier alpha value is -1.10. The van der Waals surface area contributed by atoms with E-state index in [1.165, 1.54) is 7.05 Å². The highest BCUT2D eigenvalue weighted by molar-refractivity contribution is 6.01. The number of hydrogen-bond donors (Lipinski definition) is 3. The molecule has 1 atom stereocenters. The standard InChI is InChI=1S/C6H12N2O3/c1-3-8-5(9)4(7-2)6(10)11/h4,7H,3H2,1-2H3,(H,8,9)(H,10,11). The van der Waals surface area contributed by atoms with Crippen molar-refractivity contribution >= 4 is 11.9 Å². The molecule has 0 aromatic rings. The molecule has 0 aliphatic carbocycles. The smallest absolute Gasteiger partial charge is 0.330 e. The van der Waals surface area contributed by atoms with Crippen molar-refractivity contribution in [1.29, 1.82) is 0 Å². The van der Waals surface area contributed by atoms with E-state index in [0.717, 1.165) is 0 Å². The highest BCUT2D eigenvalue weighted by Gasteiger charge is 2.22. The molecule has 3 N–H and O–H groups in total. The Kier molecular flexibility index (Phi) is 4.21. The van der Waals surface area contributed by atoms with Crippen LogP contribution in [0.4, 0.5) is 0 Å². The van der Waals surface area contributed by atoms with Gasteiger partial charge in [-0.15, -0.1) is 0 Å². The van der Waals surface area contributed by atoms with Crippen molar-refractivity contribution < 1.29 is 14.7 Å². The molecule has 5 nitrogen and oxygen atoms in total. The van der Waals surface area contributed by atoms with Crippen molar-refractivity contribution in [3.8, 4) is 0 Å². The van der Waals surface area contributed by atoms with Gasteiger partial charge in [0.05, 0.1) is 0 Å². The molecule has 0 fully saturated rings. The van der Waals surface area contributed by atoms with Crippen LogP contribution in [-0.2, 0) is 9.59 Å². The zero-order valence-electron chi connectivity index (χ0n) is 6.55. The van der Waals surface area contributed by atoms with E-state index in [4.69, 9.17) is 5.11 Å². The maximum atomic E-state index is 10.9. The van der Waals surface area contributed by atoms with Crippen molar-refractivity contribution in [3.05, 3.63) is 0 Å². The van der Waals surface area contributed by atoms with E-state index in [1.54, 1.807) is 6.92 Å². The quantitative estimate of drug-likeness (QED) is 0.451. The van der Waals surface area contributed by atoms with Crippen molar-refractivity contribution in [2.75, 3.05) is 13.6 Å². The number of rotatable bonds is 4. The fourth-order valence-corrected chi connectivity index (χ4v) is 0.643. The van der Waals surface area contributed by atoms with Gasteiger partial charge in [0.1, 0.15) is 0 Å². The molecule has 0 heterocycles. The molecule has 1 amide bonds. The Labute approximate surface area is 64.8 Å². The topological polar surface area (TPSA) is 78.4 Å². The number of carboxylic acids is 1. The number of carbonyl (C=O) groups is 2. The Balaban J connectivity index is 4.03. The lowest BCUT2D eigenvalue weighted by molar-refractivity contribution is -0.143. The van der Waals surface area contributed by atoms with Crippen LogP contribution < -0.4 is 10.6 Å². The summed E-state index contributed by atoms with van der Waals surface area (Å²) >= 11 is 0. The average Bonchev–Trinajstić information content (AvgIpc) is 1.88.